The first-order valence-electron chi connectivity index (χ1n) is 6.05. The highest BCUT2D eigenvalue weighted by Crippen LogP contribution is 2.13. The lowest BCUT2D eigenvalue weighted by atomic mass is 10.2. The highest BCUT2D eigenvalue weighted by Gasteiger charge is 2.03. The highest BCUT2D eigenvalue weighted by atomic mass is 14.9. The van der Waals surface area contributed by atoms with Gasteiger partial charge in [0.1, 0.15) is 5.69 Å². The van der Waals surface area contributed by atoms with Crippen LogP contribution in [0.1, 0.15) is 31.2 Å². The molecular weight excluding hydrogens is 210 g/mol. The van der Waals surface area contributed by atoms with Crippen LogP contribution in [0.3, 0.4) is 0 Å². The maximum Gasteiger partial charge on any atom is 0.178 e. The minimum Gasteiger partial charge on any atom is -0.249 e. The lowest BCUT2D eigenvalue weighted by Gasteiger charge is -2.03. The number of hydrogen-bond acceptors (Lipinski definition) is 3. The normalized spacial score (nSPS) is 10.5. The summed E-state index contributed by atoms with van der Waals surface area (Å²) < 4.78 is 0. The van der Waals surface area contributed by atoms with Crippen molar-refractivity contribution in [3.05, 3.63) is 41.9 Å². The third kappa shape index (κ3) is 3.09. The number of hydrogen-bond donors (Lipinski definition) is 0. The summed E-state index contributed by atoms with van der Waals surface area (Å²) in [4.78, 5) is 13.2. The zero-order chi connectivity index (χ0) is 12.1. The number of pyridine rings is 1. The SMILES string of the molecule is CCCCc1cccc(-c2nccc(C)n2)n1. The van der Waals surface area contributed by atoms with Crippen molar-refractivity contribution in [1.82, 2.24) is 15.0 Å². The summed E-state index contributed by atoms with van der Waals surface area (Å²) in [6.07, 6.45) is 5.16. The van der Waals surface area contributed by atoms with Crippen LogP contribution >= 0.6 is 0 Å². The number of nitrogens with zero attached hydrogens (tertiary/aromatic N) is 3. The van der Waals surface area contributed by atoms with Gasteiger partial charge < -0.3 is 0 Å². The molecule has 2 aromatic heterocycles. The first-order chi connectivity index (χ1) is 8.29. The fraction of sp³-hybridized carbons (Fsp3) is 0.357. The number of rotatable bonds is 4. The Bertz CT molecular complexity index is 494. The van der Waals surface area contributed by atoms with Crippen molar-refractivity contribution in [2.24, 2.45) is 0 Å². The molecule has 2 heterocycles. The van der Waals surface area contributed by atoms with E-state index in [9.17, 15) is 0 Å². The van der Waals surface area contributed by atoms with Crippen LogP contribution < -0.4 is 0 Å². The lowest BCUT2D eigenvalue weighted by Crippen LogP contribution is -1.96. The standard InChI is InChI=1S/C14H17N3/c1-3-4-6-12-7-5-8-13(17-12)14-15-10-9-11(2)16-14/h5,7-10H,3-4,6H2,1-2H3. The van der Waals surface area contributed by atoms with E-state index in [0.717, 1.165) is 23.5 Å². The van der Waals surface area contributed by atoms with Crippen molar-refractivity contribution in [3.8, 4) is 11.5 Å². The Morgan fingerprint density at radius 1 is 1.12 bits per heavy atom. The van der Waals surface area contributed by atoms with Crippen LogP contribution in [-0.2, 0) is 6.42 Å². The second-order valence-electron chi connectivity index (χ2n) is 4.14. The van der Waals surface area contributed by atoms with E-state index < -0.39 is 0 Å². The molecule has 3 heteroatoms. The number of aromatic nitrogens is 3. The summed E-state index contributed by atoms with van der Waals surface area (Å²) >= 11 is 0. The maximum atomic E-state index is 4.60. The first-order valence-corrected chi connectivity index (χ1v) is 6.05. The lowest BCUT2D eigenvalue weighted by molar-refractivity contribution is 0.777. The zero-order valence-electron chi connectivity index (χ0n) is 10.3. The van der Waals surface area contributed by atoms with Crippen molar-refractivity contribution in [1.29, 1.82) is 0 Å². The molecule has 0 saturated carbocycles. The Labute approximate surface area is 102 Å². The molecule has 88 valence electrons. The molecule has 17 heavy (non-hydrogen) atoms. The fourth-order valence-corrected chi connectivity index (χ4v) is 1.67. The molecule has 0 saturated heterocycles. The van der Waals surface area contributed by atoms with Gasteiger partial charge in [-0.15, -0.1) is 0 Å². The van der Waals surface area contributed by atoms with Gasteiger partial charge >= 0.3 is 0 Å². The molecule has 0 aromatic carbocycles. The molecule has 0 unspecified atom stereocenters. The van der Waals surface area contributed by atoms with Gasteiger partial charge in [0.15, 0.2) is 5.82 Å². The first kappa shape index (κ1) is 11.7. The van der Waals surface area contributed by atoms with E-state index in [4.69, 9.17) is 0 Å². The second kappa shape index (κ2) is 5.53. The van der Waals surface area contributed by atoms with Gasteiger partial charge in [-0.05, 0) is 38.0 Å². The molecule has 2 rings (SSSR count). The van der Waals surface area contributed by atoms with Crippen molar-refractivity contribution < 1.29 is 0 Å². The summed E-state index contributed by atoms with van der Waals surface area (Å²) in [5, 5.41) is 0. The van der Waals surface area contributed by atoms with Crippen LogP contribution in [-0.4, -0.2) is 15.0 Å². The Kier molecular flexibility index (Phi) is 3.81. The Hall–Kier alpha value is -1.77. The Morgan fingerprint density at radius 2 is 2.00 bits per heavy atom. The van der Waals surface area contributed by atoms with E-state index in [-0.39, 0.29) is 0 Å². The number of aryl methyl sites for hydroxylation is 2. The van der Waals surface area contributed by atoms with Gasteiger partial charge in [-0.25, -0.2) is 15.0 Å². The highest BCUT2D eigenvalue weighted by molar-refractivity contribution is 5.48. The molecule has 0 N–H and O–H groups in total. The van der Waals surface area contributed by atoms with E-state index in [1.54, 1.807) is 6.20 Å². The predicted molar refractivity (Wildman–Crippen MR) is 68.6 cm³/mol. The van der Waals surface area contributed by atoms with Gasteiger partial charge in [-0.3, -0.25) is 0 Å². The predicted octanol–water partition coefficient (Wildman–Crippen LogP) is 3.19. The van der Waals surface area contributed by atoms with Crippen LogP contribution in [0.15, 0.2) is 30.5 Å². The van der Waals surface area contributed by atoms with Crippen molar-refractivity contribution in [3.63, 3.8) is 0 Å². The second-order valence-corrected chi connectivity index (χ2v) is 4.14. The molecule has 0 aliphatic rings. The van der Waals surface area contributed by atoms with Crippen LogP contribution in [0, 0.1) is 6.92 Å². The van der Waals surface area contributed by atoms with Gasteiger partial charge in [-0.2, -0.15) is 0 Å². The maximum absolute atomic E-state index is 4.60. The Morgan fingerprint density at radius 3 is 2.76 bits per heavy atom. The van der Waals surface area contributed by atoms with Crippen LogP contribution in [0.25, 0.3) is 11.5 Å². The molecule has 0 aliphatic carbocycles. The zero-order valence-corrected chi connectivity index (χ0v) is 10.3. The van der Waals surface area contributed by atoms with Crippen LogP contribution in [0.2, 0.25) is 0 Å². The summed E-state index contributed by atoms with van der Waals surface area (Å²) in [5.41, 5.74) is 2.95. The number of unbranched alkanes of at least 4 members (excludes halogenated alkanes) is 1. The third-order valence-electron chi connectivity index (χ3n) is 2.62. The van der Waals surface area contributed by atoms with Crippen molar-refractivity contribution in [2.45, 2.75) is 33.1 Å². The molecule has 0 radical (unpaired) electrons. The molecule has 0 aliphatic heterocycles. The molecule has 0 amide bonds. The van der Waals surface area contributed by atoms with E-state index in [1.807, 2.05) is 25.1 Å². The van der Waals surface area contributed by atoms with E-state index in [0.29, 0.717) is 5.82 Å². The largest absolute Gasteiger partial charge is 0.249 e. The molecule has 0 spiro atoms. The van der Waals surface area contributed by atoms with Crippen LogP contribution in [0.5, 0.6) is 0 Å². The summed E-state index contributed by atoms with van der Waals surface area (Å²) in [5.74, 6) is 0.711. The van der Waals surface area contributed by atoms with E-state index in [2.05, 4.69) is 27.9 Å². The van der Waals surface area contributed by atoms with Gasteiger partial charge in [0.25, 0.3) is 0 Å². The van der Waals surface area contributed by atoms with Gasteiger partial charge in [0.2, 0.25) is 0 Å². The summed E-state index contributed by atoms with van der Waals surface area (Å²) in [6.45, 7) is 4.15. The van der Waals surface area contributed by atoms with E-state index in [1.165, 1.54) is 12.8 Å². The quantitative estimate of drug-likeness (QED) is 0.805. The minimum absolute atomic E-state index is 0.711. The Balaban J connectivity index is 2.26. The van der Waals surface area contributed by atoms with Crippen molar-refractivity contribution in [2.75, 3.05) is 0 Å². The van der Waals surface area contributed by atoms with E-state index >= 15 is 0 Å². The summed E-state index contributed by atoms with van der Waals surface area (Å²) in [6, 6.07) is 7.95. The molecular formula is C14H17N3. The van der Waals surface area contributed by atoms with Crippen molar-refractivity contribution >= 4 is 0 Å². The minimum atomic E-state index is 0.711. The monoisotopic (exact) mass is 227 g/mol. The topological polar surface area (TPSA) is 38.7 Å². The average molecular weight is 227 g/mol. The molecule has 0 atom stereocenters. The van der Waals surface area contributed by atoms with Gasteiger partial charge in [-0.1, -0.05) is 19.4 Å². The summed E-state index contributed by atoms with van der Waals surface area (Å²) in [7, 11) is 0. The molecule has 0 bridgehead atoms. The third-order valence-corrected chi connectivity index (χ3v) is 2.62. The molecule has 3 nitrogen and oxygen atoms in total. The average Bonchev–Trinajstić information content (AvgIpc) is 2.37. The molecule has 2 aromatic rings. The fourth-order valence-electron chi connectivity index (χ4n) is 1.67. The molecule has 0 fully saturated rings. The van der Waals surface area contributed by atoms with Gasteiger partial charge in [0, 0.05) is 17.6 Å². The smallest absolute Gasteiger partial charge is 0.178 e. The van der Waals surface area contributed by atoms with Crippen LogP contribution in [0.4, 0.5) is 0 Å². The van der Waals surface area contributed by atoms with Gasteiger partial charge in [0.05, 0.1) is 0 Å².